The van der Waals surface area contributed by atoms with Crippen LogP contribution in [-0.2, 0) is 11.2 Å². The second-order valence-electron chi connectivity index (χ2n) is 3.44. The Kier molecular flexibility index (Phi) is 4.81. The lowest BCUT2D eigenvalue weighted by molar-refractivity contribution is -0.121. The molecule has 3 heteroatoms. The summed E-state index contributed by atoms with van der Waals surface area (Å²) >= 11 is 0. The van der Waals surface area contributed by atoms with Gasteiger partial charge in [-0.2, -0.15) is 0 Å². The molecule has 0 unspecified atom stereocenters. The lowest BCUT2D eigenvalue weighted by Crippen LogP contribution is -2.25. The van der Waals surface area contributed by atoms with Gasteiger partial charge in [-0.3, -0.25) is 9.78 Å². The van der Waals surface area contributed by atoms with Crippen molar-refractivity contribution in [1.82, 2.24) is 10.3 Å². The highest BCUT2D eigenvalue weighted by molar-refractivity contribution is 5.75. The zero-order chi connectivity index (χ0) is 11.1. The van der Waals surface area contributed by atoms with Crippen LogP contribution in [0.2, 0.25) is 0 Å². The van der Waals surface area contributed by atoms with Crippen molar-refractivity contribution in [1.29, 1.82) is 0 Å². The number of nitrogens with one attached hydrogen (secondary N) is 1. The van der Waals surface area contributed by atoms with Gasteiger partial charge in [0, 0.05) is 31.8 Å². The van der Waals surface area contributed by atoms with Crippen LogP contribution >= 0.6 is 0 Å². The topological polar surface area (TPSA) is 42.0 Å². The van der Waals surface area contributed by atoms with Crippen LogP contribution in [0, 0.1) is 6.92 Å². The number of carbonyl (C=O) groups excluding carboxylic acids is 1. The standard InChI is InChI=1S/C12H16N2O/c1-3-4-12(15)14-8-6-11-5-7-13-10(2)9-11/h2,5,7,9H,3-4,6,8H2,1H3,(H,14,15). The first-order valence-corrected chi connectivity index (χ1v) is 5.19. The molecular weight excluding hydrogens is 188 g/mol. The van der Waals surface area contributed by atoms with Gasteiger partial charge in [-0.1, -0.05) is 6.92 Å². The van der Waals surface area contributed by atoms with Gasteiger partial charge < -0.3 is 5.32 Å². The van der Waals surface area contributed by atoms with Gasteiger partial charge in [-0.25, -0.2) is 0 Å². The summed E-state index contributed by atoms with van der Waals surface area (Å²) in [6, 6.07) is 3.73. The first-order valence-electron chi connectivity index (χ1n) is 5.19. The SMILES string of the molecule is [CH]c1cc(CCNC(=O)CCC)ccn1. The van der Waals surface area contributed by atoms with Crippen LogP contribution in [0.25, 0.3) is 0 Å². The Hall–Kier alpha value is -1.38. The van der Waals surface area contributed by atoms with Crippen molar-refractivity contribution in [2.75, 3.05) is 6.54 Å². The van der Waals surface area contributed by atoms with Crippen molar-refractivity contribution in [3.05, 3.63) is 36.5 Å². The van der Waals surface area contributed by atoms with Gasteiger partial charge in [0.2, 0.25) is 5.91 Å². The van der Waals surface area contributed by atoms with E-state index in [9.17, 15) is 4.79 Å². The first kappa shape index (κ1) is 11.7. The van der Waals surface area contributed by atoms with Gasteiger partial charge in [-0.15, -0.1) is 0 Å². The molecule has 1 rings (SSSR count). The summed E-state index contributed by atoms with van der Waals surface area (Å²) in [6.07, 6.45) is 3.95. The third kappa shape index (κ3) is 4.58. The lowest BCUT2D eigenvalue weighted by atomic mass is 10.1. The Labute approximate surface area is 90.9 Å². The largest absolute Gasteiger partial charge is 0.356 e. The fraction of sp³-hybridized carbons (Fsp3) is 0.417. The minimum atomic E-state index is 0.111. The number of carbonyl (C=O) groups is 1. The molecule has 0 aromatic carbocycles. The van der Waals surface area contributed by atoms with E-state index in [-0.39, 0.29) is 5.91 Å². The molecular formula is C12H16N2O. The van der Waals surface area contributed by atoms with Gasteiger partial charge in [0.05, 0.1) is 0 Å². The summed E-state index contributed by atoms with van der Waals surface area (Å²) in [5, 5.41) is 2.85. The van der Waals surface area contributed by atoms with E-state index in [0.717, 1.165) is 18.4 Å². The van der Waals surface area contributed by atoms with Crippen molar-refractivity contribution >= 4 is 5.91 Å². The molecule has 1 N–H and O–H groups in total. The Bertz CT molecular complexity index is 323. The van der Waals surface area contributed by atoms with Crippen molar-refractivity contribution in [2.24, 2.45) is 0 Å². The predicted molar refractivity (Wildman–Crippen MR) is 59.3 cm³/mol. The monoisotopic (exact) mass is 204 g/mol. The Balaban J connectivity index is 2.28. The van der Waals surface area contributed by atoms with E-state index in [1.807, 2.05) is 19.1 Å². The molecule has 1 aromatic heterocycles. The smallest absolute Gasteiger partial charge is 0.219 e. The van der Waals surface area contributed by atoms with Gasteiger partial charge in [0.25, 0.3) is 0 Å². The number of hydrogen-bond donors (Lipinski definition) is 1. The minimum absolute atomic E-state index is 0.111. The van der Waals surface area contributed by atoms with E-state index in [1.165, 1.54) is 0 Å². The molecule has 0 saturated carbocycles. The molecule has 0 aliphatic heterocycles. The summed E-state index contributed by atoms with van der Waals surface area (Å²) in [6.45, 7) is 8.18. The summed E-state index contributed by atoms with van der Waals surface area (Å²) < 4.78 is 0. The Morgan fingerprint density at radius 2 is 2.40 bits per heavy atom. The molecule has 0 bridgehead atoms. The average Bonchev–Trinajstić information content (AvgIpc) is 2.18. The number of amides is 1. The average molecular weight is 204 g/mol. The van der Waals surface area contributed by atoms with Crippen LogP contribution in [0.3, 0.4) is 0 Å². The maximum atomic E-state index is 11.2. The van der Waals surface area contributed by atoms with Crippen LogP contribution < -0.4 is 5.32 Å². The lowest BCUT2D eigenvalue weighted by Gasteiger charge is -2.04. The molecule has 1 amide bonds. The fourth-order valence-corrected chi connectivity index (χ4v) is 1.31. The highest BCUT2D eigenvalue weighted by Crippen LogP contribution is 2.00. The highest BCUT2D eigenvalue weighted by Gasteiger charge is 1.98. The second-order valence-corrected chi connectivity index (χ2v) is 3.44. The van der Waals surface area contributed by atoms with Crippen LogP contribution in [0.15, 0.2) is 18.3 Å². The van der Waals surface area contributed by atoms with E-state index in [4.69, 9.17) is 6.92 Å². The molecule has 3 nitrogen and oxygen atoms in total. The van der Waals surface area contributed by atoms with E-state index >= 15 is 0 Å². The zero-order valence-electron chi connectivity index (χ0n) is 8.99. The van der Waals surface area contributed by atoms with Gasteiger partial charge in [-0.05, 0) is 30.5 Å². The zero-order valence-corrected chi connectivity index (χ0v) is 8.99. The number of rotatable bonds is 5. The number of nitrogens with zero attached hydrogens (tertiary/aromatic N) is 1. The van der Waals surface area contributed by atoms with E-state index in [2.05, 4.69) is 10.3 Å². The molecule has 80 valence electrons. The second kappa shape index (κ2) is 6.17. The minimum Gasteiger partial charge on any atom is -0.356 e. The highest BCUT2D eigenvalue weighted by atomic mass is 16.1. The molecule has 0 aliphatic rings. The third-order valence-electron chi connectivity index (χ3n) is 2.06. The van der Waals surface area contributed by atoms with E-state index < -0.39 is 0 Å². The number of hydrogen-bond acceptors (Lipinski definition) is 2. The summed E-state index contributed by atoms with van der Waals surface area (Å²) in [5.41, 5.74) is 1.62. The van der Waals surface area contributed by atoms with Crippen molar-refractivity contribution in [3.63, 3.8) is 0 Å². The fourth-order valence-electron chi connectivity index (χ4n) is 1.31. The maximum Gasteiger partial charge on any atom is 0.219 e. The van der Waals surface area contributed by atoms with Gasteiger partial charge in [0.15, 0.2) is 0 Å². The normalized spacial score (nSPS) is 10.0. The molecule has 1 heterocycles. The number of aromatic nitrogens is 1. The van der Waals surface area contributed by atoms with Crippen molar-refractivity contribution in [2.45, 2.75) is 26.2 Å². The van der Waals surface area contributed by atoms with Crippen LogP contribution in [0.1, 0.15) is 31.0 Å². The quantitative estimate of drug-likeness (QED) is 0.791. The summed E-state index contributed by atoms with van der Waals surface area (Å²) in [4.78, 5) is 15.1. The van der Waals surface area contributed by atoms with Gasteiger partial charge >= 0.3 is 0 Å². The molecule has 0 saturated heterocycles. The predicted octanol–water partition coefficient (Wildman–Crippen LogP) is 1.60. The Morgan fingerprint density at radius 1 is 1.60 bits per heavy atom. The Morgan fingerprint density at radius 3 is 3.07 bits per heavy atom. The molecule has 0 fully saturated rings. The molecule has 15 heavy (non-hydrogen) atoms. The third-order valence-corrected chi connectivity index (χ3v) is 2.06. The molecule has 2 radical (unpaired) electrons. The number of pyridine rings is 1. The first-order chi connectivity index (χ1) is 7.22. The van der Waals surface area contributed by atoms with Crippen LogP contribution in [0.4, 0.5) is 0 Å². The maximum absolute atomic E-state index is 11.2. The van der Waals surface area contributed by atoms with E-state index in [1.54, 1.807) is 6.20 Å². The molecule has 0 atom stereocenters. The molecule has 1 aromatic rings. The molecule has 0 aliphatic carbocycles. The van der Waals surface area contributed by atoms with Gasteiger partial charge in [0.1, 0.15) is 0 Å². The van der Waals surface area contributed by atoms with Crippen LogP contribution in [-0.4, -0.2) is 17.4 Å². The van der Waals surface area contributed by atoms with E-state index in [0.29, 0.717) is 18.7 Å². The van der Waals surface area contributed by atoms with Crippen LogP contribution in [0.5, 0.6) is 0 Å². The van der Waals surface area contributed by atoms with Crippen molar-refractivity contribution in [3.8, 4) is 0 Å². The summed E-state index contributed by atoms with van der Waals surface area (Å²) in [7, 11) is 0. The molecule has 0 spiro atoms. The van der Waals surface area contributed by atoms with Crippen molar-refractivity contribution < 1.29 is 4.79 Å². The summed E-state index contributed by atoms with van der Waals surface area (Å²) in [5.74, 6) is 0.111.